The lowest BCUT2D eigenvalue weighted by Crippen LogP contribution is -2.01. The summed E-state index contributed by atoms with van der Waals surface area (Å²) in [4.78, 5) is 5.60. The molecule has 4 aromatic rings. The molecule has 0 bridgehead atoms. The van der Waals surface area contributed by atoms with E-state index in [0.29, 0.717) is 12.5 Å². The van der Waals surface area contributed by atoms with Crippen LogP contribution in [0.25, 0.3) is 26.3 Å². The highest BCUT2D eigenvalue weighted by Gasteiger charge is 2.11. The lowest BCUT2D eigenvalue weighted by atomic mass is 10.2. The minimum Gasteiger partial charge on any atom is -0.477 e. The van der Waals surface area contributed by atoms with E-state index in [4.69, 9.17) is 4.74 Å². The fourth-order valence-corrected chi connectivity index (χ4v) is 3.47. The zero-order valence-corrected chi connectivity index (χ0v) is 13.0. The highest BCUT2D eigenvalue weighted by molar-refractivity contribution is 7.22. The highest BCUT2D eigenvalue weighted by Crippen LogP contribution is 2.33. The lowest BCUT2D eigenvalue weighted by molar-refractivity contribution is 0.300. The molecular formula is C17H15N3OS. The van der Waals surface area contributed by atoms with Gasteiger partial charge in [0.1, 0.15) is 5.69 Å². The molecule has 0 radical (unpaired) electrons. The van der Waals surface area contributed by atoms with Crippen molar-refractivity contribution < 1.29 is 4.74 Å². The van der Waals surface area contributed by atoms with Crippen LogP contribution >= 0.6 is 11.3 Å². The van der Waals surface area contributed by atoms with Gasteiger partial charge < -0.3 is 4.74 Å². The Morgan fingerprint density at radius 1 is 1.18 bits per heavy atom. The van der Waals surface area contributed by atoms with Crippen LogP contribution < -0.4 is 4.74 Å². The number of benzene rings is 1. The van der Waals surface area contributed by atoms with Gasteiger partial charge in [-0.15, -0.1) is 16.4 Å². The lowest BCUT2D eigenvalue weighted by Gasteiger charge is -2.04. The fourth-order valence-electron chi connectivity index (χ4n) is 2.42. The average Bonchev–Trinajstić information content (AvgIpc) is 3.15. The molecule has 22 heavy (non-hydrogen) atoms. The summed E-state index contributed by atoms with van der Waals surface area (Å²) in [7, 11) is 0. The van der Waals surface area contributed by atoms with Crippen LogP contribution in [-0.4, -0.2) is 21.2 Å². The van der Waals surface area contributed by atoms with Crippen LogP contribution in [0.2, 0.25) is 0 Å². The summed E-state index contributed by atoms with van der Waals surface area (Å²) in [6.07, 6.45) is 2.84. The first-order chi connectivity index (χ1) is 10.8. The Bertz CT molecular complexity index is 908. The molecule has 1 aromatic carbocycles. The summed E-state index contributed by atoms with van der Waals surface area (Å²) in [5, 5.41) is 5.80. The van der Waals surface area contributed by atoms with Crippen molar-refractivity contribution in [2.75, 3.05) is 6.61 Å². The van der Waals surface area contributed by atoms with Crippen LogP contribution in [-0.2, 0) is 0 Å². The second-order valence-electron chi connectivity index (χ2n) is 5.08. The molecular weight excluding hydrogens is 294 g/mol. The molecule has 0 fully saturated rings. The molecule has 5 heteroatoms. The van der Waals surface area contributed by atoms with E-state index >= 15 is 0 Å². The van der Waals surface area contributed by atoms with Gasteiger partial charge in [0, 0.05) is 10.8 Å². The number of rotatable bonds is 4. The molecule has 0 atom stereocenters. The van der Waals surface area contributed by atoms with E-state index in [2.05, 4.69) is 47.3 Å². The Balaban J connectivity index is 1.83. The number of imidazole rings is 1. The number of thiophene rings is 1. The van der Waals surface area contributed by atoms with Crippen molar-refractivity contribution in [3.05, 3.63) is 48.7 Å². The molecule has 0 aliphatic rings. The Morgan fingerprint density at radius 3 is 2.95 bits per heavy atom. The van der Waals surface area contributed by atoms with Gasteiger partial charge in [0.05, 0.1) is 17.7 Å². The van der Waals surface area contributed by atoms with Crippen molar-refractivity contribution in [2.24, 2.45) is 0 Å². The first kappa shape index (κ1) is 13.3. The van der Waals surface area contributed by atoms with Crippen molar-refractivity contribution in [3.8, 4) is 16.5 Å². The Labute approximate surface area is 132 Å². The first-order valence-electron chi connectivity index (χ1n) is 7.31. The van der Waals surface area contributed by atoms with Crippen LogP contribution in [0.3, 0.4) is 0 Å². The molecule has 0 N–H and O–H groups in total. The molecule has 0 aliphatic heterocycles. The molecule has 4 rings (SSSR count). The third kappa shape index (κ3) is 2.23. The normalized spacial score (nSPS) is 11.3. The second-order valence-corrected chi connectivity index (χ2v) is 6.17. The van der Waals surface area contributed by atoms with Crippen molar-refractivity contribution in [1.82, 2.24) is 14.6 Å². The van der Waals surface area contributed by atoms with Crippen molar-refractivity contribution >= 4 is 27.1 Å². The second kappa shape index (κ2) is 5.42. The minimum absolute atomic E-state index is 0.634. The summed E-state index contributed by atoms with van der Waals surface area (Å²) < 4.78 is 8.75. The molecule has 3 aromatic heterocycles. The van der Waals surface area contributed by atoms with Crippen molar-refractivity contribution in [2.45, 2.75) is 13.3 Å². The molecule has 0 saturated heterocycles. The molecule has 0 amide bonds. The van der Waals surface area contributed by atoms with Gasteiger partial charge in [-0.2, -0.15) is 0 Å². The van der Waals surface area contributed by atoms with Gasteiger partial charge in [0.15, 0.2) is 5.65 Å². The third-order valence-electron chi connectivity index (χ3n) is 3.47. The maximum atomic E-state index is 5.63. The molecule has 0 aliphatic carbocycles. The van der Waals surface area contributed by atoms with E-state index < -0.39 is 0 Å². The van der Waals surface area contributed by atoms with E-state index in [1.54, 1.807) is 11.3 Å². The van der Waals surface area contributed by atoms with E-state index in [0.717, 1.165) is 22.6 Å². The maximum Gasteiger partial charge on any atom is 0.231 e. The van der Waals surface area contributed by atoms with Crippen LogP contribution in [0.1, 0.15) is 13.3 Å². The van der Waals surface area contributed by atoms with Gasteiger partial charge in [0.2, 0.25) is 5.88 Å². The summed E-state index contributed by atoms with van der Waals surface area (Å²) in [5.74, 6) is 0.634. The average molecular weight is 309 g/mol. The molecule has 0 spiro atoms. The summed E-state index contributed by atoms with van der Waals surface area (Å²) in [5.41, 5.74) is 1.83. The van der Waals surface area contributed by atoms with Crippen molar-refractivity contribution in [3.63, 3.8) is 0 Å². The number of aromatic nitrogens is 3. The maximum absolute atomic E-state index is 5.63. The minimum atomic E-state index is 0.634. The van der Waals surface area contributed by atoms with E-state index in [-0.39, 0.29) is 0 Å². The van der Waals surface area contributed by atoms with E-state index in [1.165, 1.54) is 10.1 Å². The van der Waals surface area contributed by atoms with Crippen LogP contribution in [0.4, 0.5) is 0 Å². The summed E-state index contributed by atoms with van der Waals surface area (Å²) in [6.45, 7) is 2.75. The molecule has 4 nitrogen and oxygen atoms in total. The Kier molecular flexibility index (Phi) is 3.27. The van der Waals surface area contributed by atoms with Crippen LogP contribution in [0.15, 0.2) is 48.7 Å². The Morgan fingerprint density at radius 2 is 2.09 bits per heavy atom. The monoisotopic (exact) mass is 309 g/mol. The van der Waals surface area contributed by atoms with Gasteiger partial charge in [-0.05, 0) is 30.0 Å². The molecule has 3 heterocycles. The molecule has 110 valence electrons. The van der Waals surface area contributed by atoms with Gasteiger partial charge >= 0.3 is 0 Å². The van der Waals surface area contributed by atoms with E-state index in [1.807, 2.05) is 22.8 Å². The zero-order chi connectivity index (χ0) is 14.9. The van der Waals surface area contributed by atoms with Crippen molar-refractivity contribution in [1.29, 1.82) is 0 Å². The van der Waals surface area contributed by atoms with Gasteiger partial charge in [0.25, 0.3) is 0 Å². The SMILES string of the molecule is CCCOc1ccc2ncc(-c3cc4ccccc4s3)n2n1. The van der Waals surface area contributed by atoms with Gasteiger partial charge in [-0.1, -0.05) is 25.1 Å². The standard InChI is InChI=1S/C17H15N3OS/c1-2-9-21-17-8-7-16-18-11-13(20(16)19-17)15-10-12-5-3-4-6-14(12)22-15/h3-8,10-11H,2,9H2,1H3. The molecule has 0 unspecified atom stereocenters. The topological polar surface area (TPSA) is 39.4 Å². The largest absolute Gasteiger partial charge is 0.477 e. The number of nitrogens with zero attached hydrogens (tertiary/aromatic N) is 3. The Hall–Kier alpha value is -2.40. The smallest absolute Gasteiger partial charge is 0.231 e. The van der Waals surface area contributed by atoms with E-state index in [9.17, 15) is 0 Å². The number of ether oxygens (including phenoxy) is 1. The quantitative estimate of drug-likeness (QED) is 0.561. The van der Waals surface area contributed by atoms with Crippen LogP contribution in [0, 0.1) is 0 Å². The molecule has 0 saturated carbocycles. The predicted octanol–water partition coefficient (Wildman–Crippen LogP) is 4.40. The van der Waals surface area contributed by atoms with Gasteiger partial charge in [-0.3, -0.25) is 0 Å². The third-order valence-corrected chi connectivity index (χ3v) is 4.61. The van der Waals surface area contributed by atoms with Gasteiger partial charge in [-0.25, -0.2) is 9.50 Å². The highest BCUT2D eigenvalue weighted by atomic mass is 32.1. The van der Waals surface area contributed by atoms with Crippen LogP contribution in [0.5, 0.6) is 5.88 Å². The number of fused-ring (bicyclic) bond motifs is 2. The fraction of sp³-hybridized carbons (Fsp3) is 0.176. The summed E-state index contributed by atoms with van der Waals surface area (Å²) >= 11 is 1.75. The predicted molar refractivity (Wildman–Crippen MR) is 89.6 cm³/mol. The first-order valence-corrected chi connectivity index (χ1v) is 8.13. The summed E-state index contributed by atoms with van der Waals surface area (Å²) in [6, 6.07) is 14.4. The zero-order valence-electron chi connectivity index (χ0n) is 12.2. The number of hydrogen-bond acceptors (Lipinski definition) is 4. The number of hydrogen-bond donors (Lipinski definition) is 0.